The van der Waals surface area contributed by atoms with Gasteiger partial charge in [0, 0.05) is 11.5 Å². The van der Waals surface area contributed by atoms with Gasteiger partial charge >= 0.3 is 5.97 Å². The Labute approximate surface area is 157 Å². The fourth-order valence-corrected chi connectivity index (χ4v) is 4.77. The summed E-state index contributed by atoms with van der Waals surface area (Å²) in [5.41, 5.74) is 1.01. The van der Waals surface area contributed by atoms with E-state index >= 15 is 0 Å². The number of hydrogen-bond donors (Lipinski definition) is 0. The van der Waals surface area contributed by atoms with Crippen molar-refractivity contribution in [2.75, 3.05) is 19.8 Å². The van der Waals surface area contributed by atoms with Gasteiger partial charge in [-0.3, -0.25) is 14.2 Å². The maximum Gasteiger partial charge on any atom is 0.326 e. The zero-order chi connectivity index (χ0) is 18.7. The molecule has 0 radical (unpaired) electrons. The first kappa shape index (κ1) is 19.0. The third-order valence-electron chi connectivity index (χ3n) is 4.73. The number of hydrogen-bond acceptors (Lipinski definition) is 6. The molecule has 0 aromatic carbocycles. The monoisotopic (exact) mass is 378 g/mol. The second kappa shape index (κ2) is 8.31. The highest BCUT2D eigenvalue weighted by atomic mass is 32.1. The van der Waals surface area contributed by atoms with Crippen molar-refractivity contribution in [3.63, 3.8) is 0 Å². The highest BCUT2D eigenvalue weighted by Gasteiger charge is 2.24. The summed E-state index contributed by atoms with van der Waals surface area (Å²) in [4.78, 5) is 31.8. The Bertz CT molecular complexity index is 855. The van der Waals surface area contributed by atoms with Crippen LogP contribution in [0.1, 0.15) is 43.0 Å². The minimum atomic E-state index is -0.436. The van der Waals surface area contributed by atoms with E-state index in [9.17, 15) is 9.59 Å². The first-order valence-corrected chi connectivity index (χ1v) is 10.1. The highest BCUT2D eigenvalue weighted by Crippen LogP contribution is 2.35. The van der Waals surface area contributed by atoms with Gasteiger partial charge in [0.25, 0.3) is 5.56 Å². The van der Waals surface area contributed by atoms with E-state index in [-0.39, 0.29) is 18.7 Å². The first-order valence-electron chi connectivity index (χ1n) is 9.26. The molecule has 0 fully saturated rings. The predicted molar refractivity (Wildman–Crippen MR) is 102 cm³/mol. The number of carbonyl (C=O) groups excluding carboxylic acids is 1. The molecule has 1 unspecified atom stereocenters. The second-order valence-electron chi connectivity index (χ2n) is 6.92. The second-order valence-corrected chi connectivity index (χ2v) is 8.00. The van der Waals surface area contributed by atoms with Gasteiger partial charge in [-0.2, -0.15) is 0 Å². The molecule has 1 aliphatic rings. The molecule has 0 saturated heterocycles. The molecule has 142 valence electrons. The Morgan fingerprint density at radius 3 is 2.92 bits per heavy atom. The van der Waals surface area contributed by atoms with Crippen molar-refractivity contribution >= 4 is 27.5 Å². The molecule has 26 heavy (non-hydrogen) atoms. The van der Waals surface area contributed by atoms with Crippen LogP contribution in [0.2, 0.25) is 0 Å². The lowest BCUT2D eigenvalue weighted by molar-refractivity contribution is -0.146. The number of nitrogens with zero attached hydrogens (tertiary/aromatic N) is 2. The third-order valence-corrected chi connectivity index (χ3v) is 5.88. The quantitative estimate of drug-likeness (QED) is 0.547. The van der Waals surface area contributed by atoms with E-state index in [0.717, 1.165) is 36.1 Å². The number of ether oxygens (including phenoxy) is 2. The minimum Gasteiger partial charge on any atom is -0.462 e. The van der Waals surface area contributed by atoms with Gasteiger partial charge in [-0.1, -0.05) is 13.8 Å². The van der Waals surface area contributed by atoms with Gasteiger partial charge in [-0.25, -0.2) is 4.98 Å². The first-order chi connectivity index (χ1) is 12.5. The molecule has 0 bridgehead atoms. The number of aromatic nitrogens is 2. The average Bonchev–Trinajstić information content (AvgIpc) is 2.95. The molecule has 3 rings (SSSR count). The number of fused-ring (bicyclic) bond motifs is 3. The molecule has 2 heterocycles. The topological polar surface area (TPSA) is 70.4 Å². The predicted octanol–water partition coefficient (Wildman–Crippen LogP) is 2.86. The van der Waals surface area contributed by atoms with Gasteiger partial charge < -0.3 is 9.47 Å². The van der Waals surface area contributed by atoms with Gasteiger partial charge in [0.2, 0.25) is 0 Å². The Morgan fingerprint density at radius 1 is 1.35 bits per heavy atom. The lowest BCUT2D eigenvalue weighted by Crippen LogP contribution is -2.29. The molecule has 0 spiro atoms. The molecular formula is C19H26N2O4S. The number of rotatable bonds is 7. The van der Waals surface area contributed by atoms with Crippen molar-refractivity contribution in [3.05, 3.63) is 26.6 Å². The maximum atomic E-state index is 13.0. The lowest BCUT2D eigenvalue weighted by atomic mass is 9.89. The SMILES string of the molecule is CCCOCCOC(=O)Cn1c(C)nc2sc3c(c2c1=O)CCC(C)C3. The molecule has 0 N–H and O–H groups in total. The molecule has 6 nitrogen and oxygen atoms in total. The lowest BCUT2D eigenvalue weighted by Gasteiger charge is -2.17. The average molecular weight is 378 g/mol. The summed E-state index contributed by atoms with van der Waals surface area (Å²) in [6.45, 7) is 7.15. The summed E-state index contributed by atoms with van der Waals surface area (Å²) in [6.07, 6.45) is 3.94. The molecule has 0 aliphatic heterocycles. The number of aryl methyl sites for hydroxylation is 2. The summed E-state index contributed by atoms with van der Waals surface area (Å²) in [6, 6.07) is 0. The summed E-state index contributed by atoms with van der Waals surface area (Å²) in [5.74, 6) is 0.756. The molecule has 1 atom stereocenters. The summed E-state index contributed by atoms with van der Waals surface area (Å²) < 4.78 is 11.9. The van der Waals surface area contributed by atoms with Crippen molar-refractivity contribution in [1.82, 2.24) is 9.55 Å². The van der Waals surface area contributed by atoms with Crippen LogP contribution >= 0.6 is 11.3 Å². The van der Waals surface area contributed by atoms with Crippen LogP contribution in [-0.2, 0) is 33.7 Å². The van der Waals surface area contributed by atoms with Gasteiger partial charge in [0.05, 0.1) is 12.0 Å². The molecular weight excluding hydrogens is 352 g/mol. The zero-order valence-electron chi connectivity index (χ0n) is 15.7. The van der Waals surface area contributed by atoms with E-state index in [2.05, 4.69) is 11.9 Å². The highest BCUT2D eigenvalue weighted by molar-refractivity contribution is 7.18. The summed E-state index contributed by atoms with van der Waals surface area (Å²) in [7, 11) is 0. The van der Waals surface area contributed by atoms with Crippen molar-refractivity contribution in [3.8, 4) is 0 Å². The molecule has 2 aromatic rings. The van der Waals surface area contributed by atoms with E-state index in [4.69, 9.17) is 9.47 Å². The fraction of sp³-hybridized carbons (Fsp3) is 0.632. The van der Waals surface area contributed by atoms with Crippen molar-refractivity contribution in [1.29, 1.82) is 0 Å². The van der Waals surface area contributed by atoms with Crippen LogP contribution < -0.4 is 5.56 Å². The number of thiophene rings is 1. The third kappa shape index (κ3) is 3.99. The van der Waals surface area contributed by atoms with Crippen molar-refractivity contribution < 1.29 is 14.3 Å². The molecule has 0 amide bonds. The fourth-order valence-electron chi connectivity index (χ4n) is 3.35. The van der Waals surface area contributed by atoms with Gasteiger partial charge in [0.1, 0.15) is 23.8 Å². The largest absolute Gasteiger partial charge is 0.462 e. The van der Waals surface area contributed by atoms with Crippen LogP contribution in [0.4, 0.5) is 0 Å². The van der Waals surface area contributed by atoms with Crippen LogP contribution in [0.15, 0.2) is 4.79 Å². The van der Waals surface area contributed by atoms with Gasteiger partial charge in [-0.05, 0) is 44.1 Å². The Kier molecular flexibility index (Phi) is 6.09. The standard InChI is InChI=1S/C19H26N2O4S/c1-4-7-24-8-9-25-16(22)11-21-13(3)20-18-17(19(21)23)14-6-5-12(2)10-15(14)26-18/h12H,4-11H2,1-3H3. The van der Waals surface area contributed by atoms with Crippen LogP contribution in [0.5, 0.6) is 0 Å². The van der Waals surface area contributed by atoms with Gasteiger partial charge in [0.15, 0.2) is 0 Å². The van der Waals surface area contributed by atoms with Crippen LogP contribution in [0.3, 0.4) is 0 Å². The summed E-state index contributed by atoms with van der Waals surface area (Å²) in [5, 5.41) is 0.696. The Morgan fingerprint density at radius 2 is 2.15 bits per heavy atom. The normalized spacial score (nSPS) is 16.7. The summed E-state index contributed by atoms with van der Waals surface area (Å²) >= 11 is 1.62. The smallest absolute Gasteiger partial charge is 0.326 e. The van der Waals surface area contributed by atoms with Crippen LogP contribution in [-0.4, -0.2) is 35.3 Å². The van der Waals surface area contributed by atoms with Crippen LogP contribution in [0, 0.1) is 12.8 Å². The van der Waals surface area contributed by atoms with E-state index < -0.39 is 5.97 Å². The minimum absolute atomic E-state index is 0.109. The Hall–Kier alpha value is -1.73. The zero-order valence-corrected chi connectivity index (χ0v) is 16.5. The number of carbonyl (C=O) groups is 1. The number of esters is 1. The van der Waals surface area contributed by atoms with Gasteiger partial charge in [-0.15, -0.1) is 11.3 Å². The van der Waals surface area contributed by atoms with E-state index in [0.29, 0.717) is 30.3 Å². The maximum absolute atomic E-state index is 13.0. The van der Waals surface area contributed by atoms with E-state index in [1.165, 1.54) is 9.44 Å². The van der Waals surface area contributed by atoms with Crippen LogP contribution in [0.25, 0.3) is 10.2 Å². The molecule has 1 aliphatic carbocycles. The molecule has 7 heteroatoms. The van der Waals surface area contributed by atoms with Crippen molar-refractivity contribution in [2.45, 2.75) is 53.0 Å². The van der Waals surface area contributed by atoms with Crippen molar-refractivity contribution in [2.24, 2.45) is 5.92 Å². The Balaban J connectivity index is 1.78. The van der Waals surface area contributed by atoms with E-state index in [1.54, 1.807) is 18.3 Å². The van der Waals surface area contributed by atoms with E-state index in [1.807, 2.05) is 6.92 Å². The molecule has 2 aromatic heterocycles. The molecule has 0 saturated carbocycles.